The molecule has 2 rings (SSSR count). The minimum atomic E-state index is -0.416. The Morgan fingerprint density at radius 3 is 2.83 bits per heavy atom. The van der Waals surface area contributed by atoms with E-state index in [1.807, 2.05) is 5.38 Å². The van der Waals surface area contributed by atoms with Gasteiger partial charge in [0.15, 0.2) is 16.6 Å². The van der Waals surface area contributed by atoms with Crippen molar-refractivity contribution in [3.63, 3.8) is 0 Å². The third-order valence-electron chi connectivity index (χ3n) is 2.72. The normalized spacial score (nSPS) is 10.3. The van der Waals surface area contributed by atoms with Crippen LogP contribution in [0, 0.1) is 0 Å². The van der Waals surface area contributed by atoms with Crippen molar-refractivity contribution in [3.8, 4) is 11.5 Å². The molecular formula is C15H15N3O3S2. The van der Waals surface area contributed by atoms with Crippen molar-refractivity contribution in [1.82, 2.24) is 10.7 Å². The summed E-state index contributed by atoms with van der Waals surface area (Å²) in [6.07, 6.45) is 1.58. The molecule has 2 N–H and O–H groups in total. The molecule has 23 heavy (non-hydrogen) atoms. The molecule has 0 aliphatic rings. The van der Waals surface area contributed by atoms with Crippen molar-refractivity contribution in [2.75, 3.05) is 14.2 Å². The molecule has 0 bridgehead atoms. The fraction of sp³-hybridized carbons (Fsp3) is 0.133. The topological polar surface area (TPSA) is 72.0 Å². The number of hydrazone groups is 1. The molecule has 1 heterocycles. The summed E-state index contributed by atoms with van der Waals surface area (Å²) in [7, 11) is 3.21. The Morgan fingerprint density at radius 2 is 2.17 bits per heavy atom. The first-order valence-electron chi connectivity index (χ1n) is 6.58. The first-order valence-corrected chi connectivity index (χ1v) is 7.87. The van der Waals surface area contributed by atoms with Gasteiger partial charge >= 0.3 is 5.97 Å². The van der Waals surface area contributed by atoms with Crippen molar-refractivity contribution >= 4 is 40.9 Å². The summed E-state index contributed by atoms with van der Waals surface area (Å²) in [6, 6.07) is 8.62. The quantitative estimate of drug-likeness (QED) is 0.284. The Balaban J connectivity index is 2.10. The molecule has 0 aliphatic carbocycles. The van der Waals surface area contributed by atoms with Gasteiger partial charge in [0, 0.05) is 7.05 Å². The van der Waals surface area contributed by atoms with Gasteiger partial charge in [-0.1, -0.05) is 6.07 Å². The molecule has 0 spiro atoms. The van der Waals surface area contributed by atoms with E-state index >= 15 is 0 Å². The predicted molar refractivity (Wildman–Crippen MR) is 94.7 cm³/mol. The lowest BCUT2D eigenvalue weighted by Crippen LogP contribution is -2.28. The van der Waals surface area contributed by atoms with E-state index in [-0.39, 0.29) is 0 Å². The van der Waals surface area contributed by atoms with Gasteiger partial charge in [-0.2, -0.15) is 5.10 Å². The monoisotopic (exact) mass is 349 g/mol. The van der Waals surface area contributed by atoms with E-state index in [4.69, 9.17) is 21.7 Å². The third kappa shape index (κ3) is 4.76. The van der Waals surface area contributed by atoms with Gasteiger partial charge in [-0.05, 0) is 47.4 Å². The number of carbonyl (C=O) groups is 1. The van der Waals surface area contributed by atoms with E-state index < -0.39 is 5.97 Å². The van der Waals surface area contributed by atoms with E-state index in [9.17, 15) is 4.79 Å². The zero-order valence-electron chi connectivity index (χ0n) is 12.5. The van der Waals surface area contributed by atoms with Crippen LogP contribution in [0.3, 0.4) is 0 Å². The molecule has 0 aliphatic heterocycles. The second kappa shape index (κ2) is 8.25. The summed E-state index contributed by atoms with van der Waals surface area (Å²) < 4.78 is 10.6. The van der Waals surface area contributed by atoms with Crippen LogP contribution < -0.4 is 20.2 Å². The van der Waals surface area contributed by atoms with Crippen molar-refractivity contribution in [1.29, 1.82) is 0 Å². The van der Waals surface area contributed by atoms with Gasteiger partial charge < -0.3 is 14.8 Å². The number of hydrogen-bond donors (Lipinski definition) is 2. The number of nitrogens with one attached hydrogen (secondary N) is 2. The first kappa shape index (κ1) is 16.9. The van der Waals surface area contributed by atoms with Crippen molar-refractivity contribution in [3.05, 3.63) is 46.2 Å². The number of hydrogen-bond acceptors (Lipinski definition) is 6. The van der Waals surface area contributed by atoms with Crippen molar-refractivity contribution in [2.45, 2.75) is 0 Å². The lowest BCUT2D eigenvalue weighted by Gasteiger charge is -2.09. The number of rotatable bonds is 5. The Hall–Kier alpha value is -2.45. The molecule has 1 aromatic heterocycles. The van der Waals surface area contributed by atoms with E-state index in [1.165, 1.54) is 18.4 Å². The summed E-state index contributed by atoms with van der Waals surface area (Å²) in [5.41, 5.74) is 3.42. The molecule has 0 radical (unpaired) electrons. The molecule has 8 heteroatoms. The molecule has 0 saturated carbocycles. The zero-order chi connectivity index (χ0) is 16.7. The average Bonchev–Trinajstić information content (AvgIpc) is 3.10. The van der Waals surface area contributed by atoms with Crippen LogP contribution in [0.4, 0.5) is 0 Å². The number of thiocarbonyl (C=S) groups is 1. The smallest absolute Gasteiger partial charge is 0.353 e. The molecule has 0 saturated heterocycles. The maximum absolute atomic E-state index is 12.0. The lowest BCUT2D eigenvalue weighted by atomic mass is 10.2. The first-order chi connectivity index (χ1) is 11.1. The third-order valence-corrected chi connectivity index (χ3v) is 3.86. The molecule has 0 amide bonds. The minimum Gasteiger partial charge on any atom is -0.493 e. The van der Waals surface area contributed by atoms with Gasteiger partial charge in [-0.25, -0.2) is 4.79 Å². The molecule has 1 aromatic carbocycles. The summed E-state index contributed by atoms with van der Waals surface area (Å²) in [5, 5.41) is 8.95. The molecule has 0 fully saturated rings. The number of nitrogens with zero attached hydrogens (tertiary/aromatic N) is 1. The largest absolute Gasteiger partial charge is 0.493 e. The van der Waals surface area contributed by atoms with Crippen LogP contribution >= 0.6 is 23.6 Å². The van der Waals surface area contributed by atoms with Gasteiger partial charge in [0.2, 0.25) is 0 Å². The van der Waals surface area contributed by atoms with Gasteiger partial charge in [0.1, 0.15) is 4.88 Å². The summed E-state index contributed by atoms with van der Waals surface area (Å²) >= 11 is 6.23. The Labute approximate surface area is 143 Å². The highest BCUT2D eigenvalue weighted by atomic mass is 32.1. The van der Waals surface area contributed by atoms with Crippen LogP contribution in [0.1, 0.15) is 15.2 Å². The zero-order valence-corrected chi connectivity index (χ0v) is 14.2. The highest BCUT2D eigenvalue weighted by Crippen LogP contribution is 2.28. The highest BCUT2D eigenvalue weighted by molar-refractivity contribution is 7.80. The van der Waals surface area contributed by atoms with E-state index in [0.717, 1.165) is 5.56 Å². The number of benzene rings is 1. The fourth-order valence-corrected chi connectivity index (χ4v) is 2.27. The number of esters is 1. The SMILES string of the molecule is CNC(=S)N/N=C/c1ccc(OC(=O)c2cccs2)c(OC)c1. The molecular weight excluding hydrogens is 334 g/mol. The van der Waals surface area contributed by atoms with E-state index in [2.05, 4.69) is 15.8 Å². The molecule has 2 aromatic rings. The van der Waals surface area contributed by atoms with Gasteiger partial charge in [0.05, 0.1) is 13.3 Å². The van der Waals surface area contributed by atoms with E-state index in [1.54, 1.807) is 43.6 Å². The molecule has 120 valence electrons. The lowest BCUT2D eigenvalue weighted by molar-refractivity contribution is 0.0735. The number of carbonyl (C=O) groups excluding carboxylic acids is 1. The highest BCUT2D eigenvalue weighted by Gasteiger charge is 2.13. The van der Waals surface area contributed by atoms with Crippen LogP contribution in [-0.2, 0) is 0 Å². The second-order valence-electron chi connectivity index (χ2n) is 4.23. The van der Waals surface area contributed by atoms with Crippen molar-refractivity contribution in [2.24, 2.45) is 5.10 Å². The summed E-state index contributed by atoms with van der Waals surface area (Å²) in [4.78, 5) is 12.5. The van der Waals surface area contributed by atoms with Gasteiger partial charge in [-0.15, -0.1) is 11.3 Å². The van der Waals surface area contributed by atoms with Gasteiger partial charge in [0.25, 0.3) is 0 Å². The molecule has 0 unspecified atom stereocenters. The maximum Gasteiger partial charge on any atom is 0.353 e. The average molecular weight is 349 g/mol. The number of methoxy groups -OCH3 is 1. The molecule has 0 atom stereocenters. The fourth-order valence-electron chi connectivity index (χ4n) is 1.62. The Kier molecular flexibility index (Phi) is 6.07. The standard InChI is InChI=1S/C15H15N3O3S2/c1-16-15(22)18-17-9-10-5-6-11(12(8-10)20-2)21-14(19)13-4-3-7-23-13/h3-9H,1-2H3,(H2,16,18,22)/b17-9+. The van der Waals surface area contributed by atoms with Crippen LogP contribution in [0.15, 0.2) is 40.8 Å². The summed E-state index contributed by atoms with van der Waals surface area (Å²) in [6.45, 7) is 0. The second-order valence-corrected chi connectivity index (χ2v) is 5.58. The number of ether oxygens (including phenoxy) is 2. The summed E-state index contributed by atoms with van der Waals surface area (Å²) in [5.74, 6) is 0.373. The van der Waals surface area contributed by atoms with Crippen LogP contribution in [0.5, 0.6) is 11.5 Å². The Morgan fingerprint density at radius 1 is 1.35 bits per heavy atom. The minimum absolute atomic E-state index is 0.349. The van der Waals surface area contributed by atoms with Gasteiger partial charge in [-0.3, -0.25) is 5.43 Å². The molecule has 6 nitrogen and oxygen atoms in total. The van der Waals surface area contributed by atoms with Crippen LogP contribution in [0.2, 0.25) is 0 Å². The van der Waals surface area contributed by atoms with E-state index in [0.29, 0.717) is 21.5 Å². The maximum atomic E-state index is 12.0. The predicted octanol–water partition coefficient (Wildman–Crippen LogP) is 2.40. The van der Waals surface area contributed by atoms with Crippen molar-refractivity contribution < 1.29 is 14.3 Å². The van der Waals surface area contributed by atoms with Crippen LogP contribution in [-0.4, -0.2) is 31.5 Å². The van der Waals surface area contributed by atoms with Crippen LogP contribution in [0.25, 0.3) is 0 Å². The Bertz CT molecular complexity index is 715. The number of thiophene rings is 1.